The lowest BCUT2D eigenvalue weighted by Gasteiger charge is -2.14. The average Bonchev–Trinajstić information content (AvgIpc) is 2.61. The molecule has 3 aromatic carbocycles. The molecule has 24 heavy (non-hydrogen) atoms. The molecule has 0 heterocycles. The third-order valence-corrected chi connectivity index (χ3v) is 3.95. The van der Waals surface area contributed by atoms with E-state index in [9.17, 15) is 4.79 Å². The van der Waals surface area contributed by atoms with Gasteiger partial charge in [-0.1, -0.05) is 54.6 Å². The summed E-state index contributed by atoms with van der Waals surface area (Å²) >= 11 is 0. The Morgan fingerprint density at radius 2 is 1.79 bits per heavy atom. The SMILES string of the molecule is COc1cc(NC(=O)[C@@H](N)Cc2ccccc2)cc2ccccc12. The van der Waals surface area contributed by atoms with Crippen molar-refractivity contribution in [2.24, 2.45) is 5.73 Å². The van der Waals surface area contributed by atoms with E-state index < -0.39 is 6.04 Å². The van der Waals surface area contributed by atoms with Crippen LogP contribution in [0.25, 0.3) is 10.8 Å². The van der Waals surface area contributed by atoms with Crippen LogP contribution in [0.2, 0.25) is 0 Å². The predicted molar refractivity (Wildman–Crippen MR) is 97.3 cm³/mol. The summed E-state index contributed by atoms with van der Waals surface area (Å²) < 4.78 is 5.42. The number of carbonyl (C=O) groups is 1. The van der Waals surface area contributed by atoms with Gasteiger partial charge in [-0.3, -0.25) is 4.79 Å². The number of carbonyl (C=O) groups excluding carboxylic acids is 1. The van der Waals surface area contributed by atoms with E-state index in [2.05, 4.69) is 5.32 Å². The lowest BCUT2D eigenvalue weighted by Crippen LogP contribution is -2.37. The summed E-state index contributed by atoms with van der Waals surface area (Å²) in [7, 11) is 1.62. The van der Waals surface area contributed by atoms with Crippen LogP contribution < -0.4 is 15.8 Å². The first-order valence-corrected chi connectivity index (χ1v) is 7.84. The number of nitrogens with one attached hydrogen (secondary N) is 1. The highest BCUT2D eigenvalue weighted by molar-refractivity contribution is 5.99. The van der Waals surface area contributed by atoms with Crippen LogP contribution >= 0.6 is 0 Å². The van der Waals surface area contributed by atoms with Crippen LogP contribution in [0.5, 0.6) is 5.75 Å². The third-order valence-electron chi connectivity index (χ3n) is 3.95. The van der Waals surface area contributed by atoms with E-state index >= 15 is 0 Å². The lowest BCUT2D eigenvalue weighted by atomic mass is 10.1. The molecule has 0 aliphatic carbocycles. The molecule has 0 bridgehead atoms. The fourth-order valence-corrected chi connectivity index (χ4v) is 2.71. The molecule has 0 spiro atoms. The Kier molecular flexibility index (Phi) is 4.77. The first-order chi connectivity index (χ1) is 11.7. The molecule has 3 aromatic rings. The smallest absolute Gasteiger partial charge is 0.241 e. The van der Waals surface area contributed by atoms with Gasteiger partial charge in [0.1, 0.15) is 5.75 Å². The number of hydrogen-bond acceptors (Lipinski definition) is 3. The van der Waals surface area contributed by atoms with Crippen LogP contribution in [0.15, 0.2) is 66.7 Å². The highest BCUT2D eigenvalue weighted by atomic mass is 16.5. The van der Waals surface area contributed by atoms with Crippen LogP contribution in [-0.2, 0) is 11.2 Å². The summed E-state index contributed by atoms with van der Waals surface area (Å²) in [4.78, 5) is 12.4. The molecule has 0 aromatic heterocycles. The number of rotatable bonds is 5. The van der Waals surface area contributed by atoms with E-state index in [1.807, 2.05) is 66.7 Å². The van der Waals surface area contributed by atoms with Gasteiger partial charge in [0.05, 0.1) is 13.2 Å². The zero-order chi connectivity index (χ0) is 16.9. The standard InChI is InChI=1S/C20H20N2O2/c1-24-19-13-16(12-15-9-5-6-10-17(15)19)22-20(23)18(21)11-14-7-3-2-4-8-14/h2-10,12-13,18H,11,21H2,1H3,(H,22,23)/t18-/m0/s1. The summed E-state index contributed by atoms with van der Waals surface area (Å²) in [5, 5.41) is 4.89. The number of fused-ring (bicyclic) bond motifs is 1. The normalized spacial score (nSPS) is 11.9. The highest BCUT2D eigenvalue weighted by Crippen LogP contribution is 2.29. The van der Waals surface area contributed by atoms with Gasteiger partial charge in [-0.2, -0.15) is 0 Å². The molecule has 1 amide bonds. The van der Waals surface area contributed by atoms with Crippen molar-refractivity contribution in [2.75, 3.05) is 12.4 Å². The fourth-order valence-electron chi connectivity index (χ4n) is 2.71. The van der Waals surface area contributed by atoms with E-state index in [1.54, 1.807) is 7.11 Å². The maximum atomic E-state index is 12.4. The fraction of sp³-hybridized carbons (Fsp3) is 0.150. The Morgan fingerprint density at radius 3 is 2.54 bits per heavy atom. The van der Waals surface area contributed by atoms with Crippen molar-refractivity contribution in [2.45, 2.75) is 12.5 Å². The van der Waals surface area contributed by atoms with Crippen molar-refractivity contribution >= 4 is 22.4 Å². The first kappa shape index (κ1) is 16.0. The molecule has 3 rings (SSSR count). The summed E-state index contributed by atoms with van der Waals surface area (Å²) in [5.41, 5.74) is 7.75. The number of anilines is 1. The van der Waals surface area contributed by atoms with Crippen molar-refractivity contribution in [3.8, 4) is 5.75 Å². The maximum Gasteiger partial charge on any atom is 0.241 e. The Morgan fingerprint density at radius 1 is 1.08 bits per heavy atom. The lowest BCUT2D eigenvalue weighted by molar-refractivity contribution is -0.117. The first-order valence-electron chi connectivity index (χ1n) is 7.84. The second-order valence-electron chi connectivity index (χ2n) is 5.69. The van der Waals surface area contributed by atoms with E-state index in [4.69, 9.17) is 10.5 Å². The number of methoxy groups -OCH3 is 1. The largest absolute Gasteiger partial charge is 0.496 e. The maximum absolute atomic E-state index is 12.4. The van der Waals surface area contributed by atoms with Crippen molar-refractivity contribution in [3.05, 3.63) is 72.3 Å². The quantitative estimate of drug-likeness (QED) is 0.757. The summed E-state index contributed by atoms with van der Waals surface area (Å²) in [5.74, 6) is 0.510. The number of benzene rings is 3. The summed E-state index contributed by atoms with van der Waals surface area (Å²) in [6.45, 7) is 0. The number of nitrogens with two attached hydrogens (primary N) is 1. The molecule has 0 aliphatic heterocycles. The molecule has 1 atom stereocenters. The van der Waals surface area contributed by atoms with E-state index in [1.165, 1.54) is 0 Å². The second kappa shape index (κ2) is 7.15. The van der Waals surface area contributed by atoms with Gasteiger partial charge < -0.3 is 15.8 Å². The van der Waals surface area contributed by atoms with Crippen LogP contribution in [0.1, 0.15) is 5.56 Å². The Hall–Kier alpha value is -2.85. The molecule has 3 N–H and O–H groups in total. The minimum absolute atomic E-state index is 0.212. The molecule has 0 aliphatic rings. The molecule has 0 radical (unpaired) electrons. The van der Waals surface area contributed by atoms with Gasteiger partial charge in [0.15, 0.2) is 0 Å². The van der Waals surface area contributed by atoms with Gasteiger partial charge >= 0.3 is 0 Å². The van der Waals surface area contributed by atoms with Crippen LogP contribution in [0, 0.1) is 0 Å². The predicted octanol–water partition coefficient (Wildman–Crippen LogP) is 3.36. The minimum atomic E-state index is -0.607. The molecule has 122 valence electrons. The minimum Gasteiger partial charge on any atom is -0.496 e. The van der Waals surface area contributed by atoms with Crippen LogP contribution in [-0.4, -0.2) is 19.1 Å². The van der Waals surface area contributed by atoms with Crippen molar-refractivity contribution in [3.63, 3.8) is 0 Å². The number of hydrogen-bond donors (Lipinski definition) is 2. The van der Waals surface area contributed by atoms with Gasteiger partial charge in [-0.05, 0) is 23.4 Å². The molecular formula is C20H20N2O2. The van der Waals surface area contributed by atoms with Gasteiger partial charge in [-0.25, -0.2) is 0 Å². The number of ether oxygens (including phenoxy) is 1. The van der Waals surface area contributed by atoms with Gasteiger partial charge in [0.25, 0.3) is 0 Å². The molecule has 0 saturated carbocycles. The molecule has 0 unspecified atom stereocenters. The van der Waals surface area contributed by atoms with Crippen LogP contribution in [0.4, 0.5) is 5.69 Å². The Bertz CT molecular complexity index is 847. The molecule has 0 fully saturated rings. The molecule has 4 nitrogen and oxygen atoms in total. The zero-order valence-electron chi connectivity index (χ0n) is 13.5. The molecular weight excluding hydrogens is 300 g/mol. The van der Waals surface area contributed by atoms with Gasteiger partial charge in [0.2, 0.25) is 5.91 Å². The second-order valence-corrected chi connectivity index (χ2v) is 5.69. The average molecular weight is 320 g/mol. The monoisotopic (exact) mass is 320 g/mol. The summed E-state index contributed by atoms with van der Waals surface area (Å²) in [6, 6.07) is 20.8. The van der Waals surface area contributed by atoms with Gasteiger partial charge in [0, 0.05) is 17.1 Å². The number of amides is 1. The topological polar surface area (TPSA) is 64.3 Å². The van der Waals surface area contributed by atoms with Crippen molar-refractivity contribution in [1.82, 2.24) is 0 Å². The van der Waals surface area contributed by atoms with Crippen molar-refractivity contribution < 1.29 is 9.53 Å². The van der Waals surface area contributed by atoms with E-state index in [-0.39, 0.29) is 5.91 Å². The zero-order valence-corrected chi connectivity index (χ0v) is 13.5. The molecule has 4 heteroatoms. The van der Waals surface area contributed by atoms with E-state index in [0.717, 1.165) is 22.1 Å². The highest BCUT2D eigenvalue weighted by Gasteiger charge is 2.15. The summed E-state index contributed by atoms with van der Waals surface area (Å²) in [6.07, 6.45) is 0.497. The van der Waals surface area contributed by atoms with Gasteiger partial charge in [-0.15, -0.1) is 0 Å². The van der Waals surface area contributed by atoms with Crippen molar-refractivity contribution in [1.29, 1.82) is 0 Å². The third kappa shape index (κ3) is 3.55. The Balaban J connectivity index is 1.77. The van der Waals surface area contributed by atoms with E-state index in [0.29, 0.717) is 12.1 Å². The Labute approximate surface area is 141 Å². The van der Waals surface area contributed by atoms with Crippen LogP contribution in [0.3, 0.4) is 0 Å². The molecule has 0 saturated heterocycles.